The molecule has 0 unspecified atom stereocenters. The normalized spacial score (nSPS) is 10.5. The number of carbonyl (C=O) groups excluding carboxylic acids is 1. The largest absolute Gasteiger partial charge is 0.497 e. The Morgan fingerprint density at radius 1 is 0.893 bits per heavy atom. The molecule has 0 saturated carbocycles. The van der Waals surface area contributed by atoms with Crippen LogP contribution in [0.1, 0.15) is 16.4 Å². The van der Waals surface area contributed by atoms with Gasteiger partial charge in [0.2, 0.25) is 5.91 Å². The molecule has 3 aromatic rings. The van der Waals surface area contributed by atoms with Crippen molar-refractivity contribution in [3.05, 3.63) is 90.0 Å². The second-order valence-electron chi connectivity index (χ2n) is 6.13. The predicted octanol–water partition coefficient (Wildman–Crippen LogP) is 5.17. The van der Waals surface area contributed by atoms with Crippen molar-refractivity contribution >= 4 is 23.4 Å². The Morgan fingerprint density at radius 2 is 1.50 bits per heavy atom. The molecule has 0 aliphatic rings. The maximum absolute atomic E-state index is 12.6. The Kier molecular flexibility index (Phi) is 6.98. The van der Waals surface area contributed by atoms with Gasteiger partial charge in [0.25, 0.3) is 0 Å². The van der Waals surface area contributed by atoms with Crippen LogP contribution in [-0.4, -0.2) is 25.9 Å². The summed E-state index contributed by atoms with van der Waals surface area (Å²) in [5, 5.41) is 3.02. The topological polar surface area (TPSA) is 47.6 Å². The van der Waals surface area contributed by atoms with Crippen LogP contribution in [0, 0.1) is 0 Å². The molecule has 0 aliphatic heterocycles. The molecule has 0 spiro atoms. The van der Waals surface area contributed by atoms with E-state index in [1.54, 1.807) is 44.2 Å². The molecule has 4 nitrogen and oxygen atoms in total. The van der Waals surface area contributed by atoms with Crippen LogP contribution < -0.4 is 14.8 Å². The van der Waals surface area contributed by atoms with Gasteiger partial charge in [0.05, 0.1) is 30.9 Å². The zero-order chi connectivity index (χ0) is 19.8. The monoisotopic (exact) mass is 393 g/mol. The number of benzene rings is 3. The summed E-state index contributed by atoms with van der Waals surface area (Å²) in [5.74, 6) is 1.49. The molecule has 0 fully saturated rings. The van der Waals surface area contributed by atoms with E-state index in [9.17, 15) is 4.79 Å². The van der Waals surface area contributed by atoms with Crippen molar-refractivity contribution in [3.63, 3.8) is 0 Å². The summed E-state index contributed by atoms with van der Waals surface area (Å²) in [5.41, 5.74) is 2.98. The van der Waals surface area contributed by atoms with Gasteiger partial charge in [0.15, 0.2) is 0 Å². The van der Waals surface area contributed by atoms with E-state index >= 15 is 0 Å². The van der Waals surface area contributed by atoms with Crippen LogP contribution in [0.25, 0.3) is 0 Å². The lowest BCUT2D eigenvalue weighted by Gasteiger charge is -2.18. The molecule has 3 rings (SSSR count). The summed E-state index contributed by atoms with van der Waals surface area (Å²) < 4.78 is 10.5. The van der Waals surface area contributed by atoms with Crippen molar-refractivity contribution in [3.8, 4) is 11.5 Å². The number of rotatable bonds is 8. The molecule has 0 aliphatic carbocycles. The number of ether oxygens (including phenoxy) is 2. The van der Waals surface area contributed by atoms with Gasteiger partial charge < -0.3 is 14.8 Å². The van der Waals surface area contributed by atoms with Gasteiger partial charge in [-0.2, -0.15) is 0 Å². The van der Waals surface area contributed by atoms with Crippen LogP contribution >= 0.6 is 11.8 Å². The molecule has 1 amide bonds. The molecule has 1 N–H and O–H groups in total. The minimum Gasteiger partial charge on any atom is -0.497 e. The fourth-order valence-corrected chi connectivity index (χ4v) is 3.98. The fraction of sp³-hybridized carbons (Fsp3) is 0.174. The first-order valence-corrected chi connectivity index (χ1v) is 9.99. The van der Waals surface area contributed by atoms with Crippen LogP contribution in [0.15, 0.2) is 78.9 Å². The number of carbonyl (C=O) groups is 1. The van der Waals surface area contributed by atoms with E-state index in [1.807, 2.05) is 36.4 Å². The molecule has 5 heteroatoms. The van der Waals surface area contributed by atoms with Gasteiger partial charge in [-0.15, -0.1) is 11.8 Å². The molecule has 0 radical (unpaired) electrons. The standard InChI is InChI=1S/C23H23NO3S/c1-26-19-13-14-20(21(15-19)27-2)24-22(25)16-28-23(17-9-5-3-6-10-17)18-11-7-4-8-12-18/h3-15,23H,16H2,1-2H3,(H,24,25). The molecule has 0 heterocycles. The number of nitrogens with one attached hydrogen (secondary N) is 1. The fourth-order valence-electron chi connectivity index (χ4n) is 2.89. The first-order valence-electron chi connectivity index (χ1n) is 8.94. The van der Waals surface area contributed by atoms with Crippen molar-refractivity contribution in [1.29, 1.82) is 0 Å². The summed E-state index contributed by atoms with van der Waals surface area (Å²) in [7, 11) is 3.16. The van der Waals surface area contributed by atoms with Crippen LogP contribution in [0.5, 0.6) is 11.5 Å². The van der Waals surface area contributed by atoms with E-state index in [0.717, 1.165) is 0 Å². The lowest BCUT2D eigenvalue weighted by atomic mass is 10.0. The third-order valence-electron chi connectivity index (χ3n) is 4.27. The number of hydrogen-bond acceptors (Lipinski definition) is 4. The summed E-state index contributed by atoms with van der Waals surface area (Å²) in [4.78, 5) is 12.6. The summed E-state index contributed by atoms with van der Waals surface area (Å²) in [6.45, 7) is 0. The van der Waals surface area contributed by atoms with Crippen LogP contribution in [0.2, 0.25) is 0 Å². The quantitative estimate of drug-likeness (QED) is 0.574. The molecule has 0 atom stereocenters. The van der Waals surface area contributed by atoms with Crippen molar-refractivity contribution < 1.29 is 14.3 Å². The number of methoxy groups -OCH3 is 2. The van der Waals surface area contributed by atoms with Crippen LogP contribution in [-0.2, 0) is 4.79 Å². The second-order valence-corrected chi connectivity index (χ2v) is 7.22. The van der Waals surface area contributed by atoms with Crippen molar-refractivity contribution in [2.24, 2.45) is 0 Å². The Hall–Kier alpha value is -2.92. The predicted molar refractivity (Wildman–Crippen MR) is 115 cm³/mol. The highest BCUT2D eigenvalue weighted by atomic mass is 32.2. The highest BCUT2D eigenvalue weighted by molar-refractivity contribution is 8.00. The van der Waals surface area contributed by atoms with E-state index in [4.69, 9.17) is 9.47 Å². The Bertz CT molecular complexity index is 861. The lowest BCUT2D eigenvalue weighted by Crippen LogP contribution is -2.16. The minimum absolute atomic E-state index is 0.0784. The Labute approximate surface area is 169 Å². The molecule has 0 aromatic heterocycles. The number of anilines is 1. The van der Waals surface area contributed by atoms with E-state index < -0.39 is 0 Å². The third-order valence-corrected chi connectivity index (χ3v) is 5.58. The molecule has 0 saturated heterocycles. The first kappa shape index (κ1) is 19.8. The lowest BCUT2D eigenvalue weighted by molar-refractivity contribution is -0.113. The van der Waals surface area contributed by atoms with E-state index in [-0.39, 0.29) is 11.2 Å². The third kappa shape index (κ3) is 5.08. The second kappa shape index (κ2) is 9.85. The highest BCUT2D eigenvalue weighted by Crippen LogP contribution is 2.36. The minimum atomic E-state index is -0.0784. The number of amides is 1. The average Bonchev–Trinajstić information content (AvgIpc) is 2.75. The molecular weight excluding hydrogens is 370 g/mol. The average molecular weight is 394 g/mol. The van der Waals surface area contributed by atoms with Crippen LogP contribution in [0.4, 0.5) is 5.69 Å². The number of hydrogen-bond donors (Lipinski definition) is 1. The van der Waals surface area contributed by atoms with Gasteiger partial charge in [-0.25, -0.2) is 0 Å². The zero-order valence-corrected chi connectivity index (χ0v) is 16.7. The van der Waals surface area contributed by atoms with Gasteiger partial charge in [-0.3, -0.25) is 4.79 Å². The molecule has 28 heavy (non-hydrogen) atoms. The zero-order valence-electron chi connectivity index (χ0n) is 15.9. The maximum atomic E-state index is 12.6. The maximum Gasteiger partial charge on any atom is 0.234 e. The molecular formula is C23H23NO3S. The molecule has 0 bridgehead atoms. The van der Waals surface area contributed by atoms with Gasteiger partial charge in [0.1, 0.15) is 11.5 Å². The van der Waals surface area contributed by atoms with Gasteiger partial charge >= 0.3 is 0 Å². The van der Waals surface area contributed by atoms with E-state index in [1.165, 1.54) is 11.1 Å². The highest BCUT2D eigenvalue weighted by Gasteiger charge is 2.17. The van der Waals surface area contributed by atoms with Gasteiger partial charge in [0, 0.05) is 6.07 Å². The Morgan fingerprint density at radius 3 is 2.04 bits per heavy atom. The summed E-state index contributed by atoms with van der Waals surface area (Å²) in [6, 6.07) is 25.8. The smallest absolute Gasteiger partial charge is 0.234 e. The summed E-state index contributed by atoms with van der Waals surface area (Å²) in [6.07, 6.45) is 0. The summed E-state index contributed by atoms with van der Waals surface area (Å²) >= 11 is 1.60. The van der Waals surface area contributed by atoms with E-state index in [0.29, 0.717) is 22.9 Å². The van der Waals surface area contributed by atoms with Gasteiger partial charge in [-0.1, -0.05) is 60.7 Å². The van der Waals surface area contributed by atoms with Crippen LogP contribution in [0.3, 0.4) is 0 Å². The molecule has 144 valence electrons. The molecule has 3 aromatic carbocycles. The van der Waals surface area contributed by atoms with Crippen molar-refractivity contribution in [2.45, 2.75) is 5.25 Å². The Balaban J connectivity index is 1.71. The van der Waals surface area contributed by atoms with Crippen molar-refractivity contribution in [1.82, 2.24) is 0 Å². The number of thioether (sulfide) groups is 1. The SMILES string of the molecule is COc1ccc(NC(=O)CSC(c2ccccc2)c2ccccc2)c(OC)c1. The first-order chi connectivity index (χ1) is 13.7. The van der Waals surface area contributed by atoms with Crippen molar-refractivity contribution in [2.75, 3.05) is 25.3 Å². The van der Waals surface area contributed by atoms with E-state index in [2.05, 4.69) is 29.6 Å². The van der Waals surface area contributed by atoms with Gasteiger partial charge in [-0.05, 0) is 23.3 Å².